The second-order valence-electron chi connectivity index (χ2n) is 7.35. The molecular formula is C22H26N4O3S. The molecule has 0 saturated carbocycles. The van der Waals surface area contributed by atoms with Gasteiger partial charge in [0.1, 0.15) is 11.4 Å². The van der Waals surface area contributed by atoms with Gasteiger partial charge in [0.15, 0.2) is 0 Å². The lowest BCUT2D eigenvalue weighted by Crippen LogP contribution is -2.34. The molecule has 0 saturated heterocycles. The summed E-state index contributed by atoms with van der Waals surface area (Å²) in [6.07, 6.45) is 3.29. The molecule has 3 rings (SSSR count). The number of carbonyl (C=O) groups excluding carboxylic acids is 2. The van der Waals surface area contributed by atoms with Gasteiger partial charge in [-0.25, -0.2) is 4.98 Å². The van der Waals surface area contributed by atoms with E-state index in [-0.39, 0.29) is 23.9 Å². The highest BCUT2D eigenvalue weighted by Gasteiger charge is 2.21. The van der Waals surface area contributed by atoms with Crippen molar-refractivity contribution in [2.45, 2.75) is 40.2 Å². The van der Waals surface area contributed by atoms with Gasteiger partial charge in [-0.1, -0.05) is 31.5 Å². The summed E-state index contributed by atoms with van der Waals surface area (Å²) in [7, 11) is 1.73. The summed E-state index contributed by atoms with van der Waals surface area (Å²) in [5.74, 6) is -0.414. The van der Waals surface area contributed by atoms with E-state index < -0.39 is 0 Å². The summed E-state index contributed by atoms with van der Waals surface area (Å²) in [5, 5.41) is 3.29. The largest absolute Gasteiger partial charge is 0.344 e. The molecule has 0 bridgehead atoms. The highest BCUT2D eigenvalue weighted by molar-refractivity contribution is 7.20. The number of fused-ring (bicyclic) bond motifs is 1. The van der Waals surface area contributed by atoms with Crippen LogP contribution in [0.5, 0.6) is 0 Å². The first-order valence-corrected chi connectivity index (χ1v) is 10.7. The number of hydrogen-bond donors (Lipinski definition) is 1. The van der Waals surface area contributed by atoms with Crippen LogP contribution in [0.25, 0.3) is 10.2 Å². The summed E-state index contributed by atoms with van der Waals surface area (Å²) in [5.41, 5.74) is 1.96. The molecule has 7 nitrogen and oxygen atoms in total. The van der Waals surface area contributed by atoms with Crippen molar-refractivity contribution < 1.29 is 9.59 Å². The van der Waals surface area contributed by atoms with Crippen molar-refractivity contribution in [2.75, 3.05) is 18.9 Å². The van der Waals surface area contributed by atoms with Crippen molar-refractivity contribution in [3.8, 4) is 0 Å². The van der Waals surface area contributed by atoms with Crippen molar-refractivity contribution in [1.29, 1.82) is 0 Å². The summed E-state index contributed by atoms with van der Waals surface area (Å²) < 4.78 is 1.32. The maximum absolute atomic E-state index is 13.0. The van der Waals surface area contributed by atoms with E-state index in [1.165, 1.54) is 22.2 Å². The lowest BCUT2D eigenvalue weighted by atomic mass is 10.2. The monoisotopic (exact) mass is 426 g/mol. The Labute approximate surface area is 179 Å². The molecule has 0 aliphatic rings. The number of rotatable bonds is 7. The molecule has 2 amide bonds. The molecule has 30 heavy (non-hydrogen) atoms. The van der Waals surface area contributed by atoms with Gasteiger partial charge in [0.25, 0.3) is 11.5 Å². The highest BCUT2D eigenvalue weighted by atomic mass is 32.1. The zero-order valence-electron chi connectivity index (χ0n) is 17.7. The van der Waals surface area contributed by atoms with Crippen LogP contribution in [0.1, 0.15) is 40.6 Å². The second kappa shape index (κ2) is 9.21. The van der Waals surface area contributed by atoms with Gasteiger partial charge >= 0.3 is 0 Å². The summed E-state index contributed by atoms with van der Waals surface area (Å²) >= 11 is 1.18. The van der Waals surface area contributed by atoms with Gasteiger partial charge in [0, 0.05) is 19.3 Å². The number of likely N-dealkylation sites (N-methyl/N-ethyl adjacent to an activating group) is 1. The molecule has 0 unspecified atom stereocenters. The number of anilines is 1. The van der Waals surface area contributed by atoms with Crippen molar-refractivity contribution in [2.24, 2.45) is 0 Å². The van der Waals surface area contributed by atoms with Gasteiger partial charge in [0.05, 0.1) is 16.6 Å². The Morgan fingerprint density at radius 3 is 2.67 bits per heavy atom. The molecule has 2 aromatic heterocycles. The zero-order valence-corrected chi connectivity index (χ0v) is 18.5. The van der Waals surface area contributed by atoms with Crippen molar-refractivity contribution in [3.63, 3.8) is 0 Å². The van der Waals surface area contributed by atoms with Gasteiger partial charge in [-0.3, -0.25) is 19.0 Å². The molecule has 0 spiro atoms. The standard InChI is InChI=1S/C22H26N4O3S/c1-5-6-11-25(4)17(27)12-26-13-23-21-18(22(26)29)15(3)19(30-21)20(28)24-16-10-8-7-9-14(16)2/h7-10,13H,5-6,11-12H2,1-4H3,(H,24,28). The smallest absolute Gasteiger partial charge is 0.266 e. The number of benzene rings is 1. The summed E-state index contributed by atoms with van der Waals surface area (Å²) in [6.45, 7) is 6.31. The molecule has 3 aromatic rings. The Hall–Kier alpha value is -3.00. The van der Waals surface area contributed by atoms with Crippen LogP contribution in [0.4, 0.5) is 5.69 Å². The Kier molecular flexibility index (Phi) is 6.66. The van der Waals surface area contributed by atoms with Gasteiger partial charge in [0.2, 0.25) is 5.91 Å². The predicted octanol–water partition coefficient (Wildman–Crippen LogP) is 3.59. The minimum atomic E-state index is -0.305. The fourth-order valence-corrected chi connectivity index (χ4v) is 4.20. The second-order valence-corrected chi connectivity index (χ2v) is 8.35. The topological polar surface area (TPSA) is 84.3 Å². The molecule has 158 valence electrons. The van der Waals surface area contributed by atoms with Crippen LogP contribution in [-0.2, 0) is 11.3 Å². The Morgan fingerprint density at radius 1 is 1.23 bits per heavy atom. The quantitative estimate of drug-likeness (QED) is 0.626. The van der Waals surface area contributed by atoms with Gasteiger partial charge in [-0.2, -0.15) is 0 Å². The summed E-state index contributed by atoms with van der Waals surface area (Å²) in [4.78, 5) is 45.1. The number of nitrogens with zero attached hydrogens (tertiary/aromatic N) is 3. The molecule has 1 N–H and O–H groups in total. The third-order valence-corrected chi connectivity index (χ3v) is 6.29. The van der Waals surface area contributed by atoms with Crippen molar-refractivity contribution >= 4 is 39.1 Å². The first-order valence-electron chi connectivity index (χ1n) is 9.93. The maximum Gasteiger partial charge on any atom is 0.266 e. The Balaban J connectivity index is 1.88. The van der Waals surface area contributed by atoms with Crippen LogP contribution in [0, 0.1) is 13.8 Å². The molecule has 0 aliphatic carbocycles. The van der Waals surface area contributed by atoms with E-state index in [1.807, 2.05) is 31.2 Å². The van der Waals surface area contributed by atoms with E-state index in [1.54, 1.807) is 18.9 Å². The molecule has 0 radical (unpaired) electrons. The first-order chi connectivity index (χ1) is 14.3. The summed E-state index contributed by atoms with van der Waals surface area (Å²) in [6, 6.07) is 7.52. The van der Waals surface area contributed by atoms with Gasteiger partial charge in [-0.05, 0) is 37.5 Å². The van der Waals surface area contributed by atoms with Crippen molar-refractivity contribution in [1.82, 2.24) is 14.5 Å². The molecule has 8 heteroatoms. The number of para-hydroxylation sites is 1. The van der Waals surface area contributed by atoms with Crippen LogP contribution in [0.15, 0.2) is 35.4 Å². The lowest BCUT2D eigenvalue weighted by Gasteiger charge is -2.17. The first kappa shape index (κ1) is 21.7. The average molecular weight is 427 g/mol. The lowest BCUT2D eigenvalue weighted by molar-refractivity contribution is -0.130. The van der Waals surface area contributed by atoms with Crippen LogP contribution < -0.4 is 10.9 Å². The van der Waals surface area contributed by atoms with Crippen LogP contribution in [0.2, 0.25) is 0 Å². The predicted molar refractivity (Wildman–Crippen MR) is 120 cm³/mol. The Bertz CT molecular complexity index is 1150. The van der Waals surface area contributed by atoms with Crippen LogP contribution in [-0.4, -0.2) is 39.9 Å². The molecule has 0 aliphatic heterocycles. The number of carbonyl (C=O) groups is 2. The highest BCUT2D eigenvalue weighted by Crippen LogP contribution is 2.28. The number of unbranched alkanes of at least 4 members (excludes halogenated alkanes) is 1. The fourth-order valence-electron chi connectivity index (χ4n) is 3.17. The fraction of sp³-hybridized carbons (Fsp3) is 0.364. The number of nitrogens with one attached hydrogen (secondary N) is 1. The number of aromatic nitrogens is 2. The third-order valence-electron chi connectivity index (χ3n) is 5.10. The van der Waals surface area contributed by atoms with Crippen molar-refractivity contribution in [3.05, 3.63) is 57.0 Å². The minimum absolute atomic E-state index is 0.0674. The Morgan fingerprint density at radius 2 is 1.97 bits per heavy atom. The number of aryl methyl sites for hydroxylation is 2. The molecule has 1 aromatic carbocycles. The van der Waals surface area contributed by atoms with E-state index in [9.17, 15) is 14.4 Å². The third kappa shape index (κ3) is 4.43. The van der Waals surface area contributed by atoms with E-state index in [0.29, 0.717) is 27.2 Å². The van der Waals surface area contributed by atoms with E-state index >= 15 is 0 Å². The minimum Gasteiger partial charge on any atom is -0.344 e. The number of hydrogen-bond acceptors (Lipinski definition) is 5. The number of thiophene rings is 1. The molecule has 0 atom stereocenters. The van der Waals surface area contributed by atoms with E-state index in [2.05, 4.69) is 17.2 Å². The molecule has 2 heterocycles. The number of amides is 2. The average Bonchev–Trinajstić information content (AvgIpc) is 3.07. The van der Waals surface area contributed by atoms with E-state index in [0.717, 1.165) is 24.1 Å². The van der Waals surface area contributed by atoms with Crippen LogP contribution in [0.3, 0.4) is 0 Å². The van der Waals surface area contributed by atoms with Gasteiger partial charge in [-0.15, -0.1) is 11.3 Å². The molecule has 0 fully saturated rings. The zero-order chi connectivity index (χ0) is 21.8. The maximum atomic E-state index is 13.0. The SMILES string of the molecule is CCCCN(C)C(=O)Cn1cnc2sc(C(=O)Nc3ccccc3C)c(C)c2c1=O. The molecular weight excluding hydrogens is 400 g/mol. The normalized spacial score (nSPS) is 10.9. The van der Waals surface area contributed by atoms with E-state index in [4.69, 9.17) is 0 Å². The van der Waals surface area contributed by atoms with Gasteiger partial charge < -0.3 is 10.2 Å². The van der Waals surface area contributed by atoms with Crippen LogP contribution >= 0.6 is 11.3 Å².